The van der Waals surface area contributed by atoms with Gasteiger partial charge in [-0.05, 0) is 24.6 Å². The van der Waals surface area contributed by atoms with Gasteiger partial charge in [-0.1, -0.05) is 12.1 Å². The van der Waals surface area contributed by atoms with Crippen LogP contribution >= 0.6 is 23.5 Å². The van der Waals surface area contributed by atoms with Crippen LogP contribution in [0.15, 0.2) is 24.3 Å². The number of hydrogen-bond acceptors (Lipinski definition) is 5. The molecule has 0 aliphatic carbocycles. The van der Waals surface area contributed by atoms with Crippen molar-refractivity contribution in [3.63, 3.8) is 0 Å². The van der Waals surface area contributed by atoms with Gasteiger partial charge in [0.05, 0.1) is 12.6 Å². The molecular formula is C13H20N2OS2. The van der Waals surface area contributed by atoms with Crippen molar-refractivity contribution in [2.45, 2.75) is 18.2 Å². The van der Waals surface area contributed by atoms with Crippen molar-refractivity contribution in [1.82, 2.24) is 5.43 Å². The Morgan fingerprint density at radius 3 is 3.06 bits per heavy atom. The second-order valence-electron chi connectivity index (χ2n) is 4.13. The minimum Gasteiger partial charge on any atom is -0.494 e. The van der Waals surface area contributed by atoms with Crippen LogP contribution < -0.4 is 16.0 Å². The number of ether oxygens (including phenoxy) is 1. The second-order valence-corrected chi connectivity index (χ2v) is 6.63. The lowest BCUT2D eigenvalue weighted by Gasteiger charge is -2.29. The largest absolute Gasteiger partial charge is 0.494 e. The van der Waals surface area contributed by atoms with Gasteiger partial charge >= 0.3 is 0 Å². The Kier molecular flexibility index (Phi) is 5.69. The zero-order valence-corrected chi connectivity index (χ0v) is 12.2. The number of rotatable bonds is 5. The van der Waals surface area contributed by atoms with Crippen LogP contribution in [0.1, 0.15) is 18.5 Å². The molecule has 3 nitrogen and oxygen atoms in total. The van der Waals surface area contributed by atoms with E-state index in [4.69, 9.17) is 10.6 Å². The van der Waals surface area contributed by atoms with E-state index in [0.29, 0.717) is 11.9 Å². The molecule has 0 bridgehead atoms. The lowest BCUT2D eigenvalue weighted by Crippen LogP contribution is -2.37. The molecule has 2 unspecified atom stereocenters. The van der Waals surface area contributed by atoms with Gasteiger partial charge in [0, 0.05) is 22.5 Å². The minimum absolute atomic E-state index is 0.197. The first-order valence-corrected chi connectivity index (χ1v) is 8.43. The molecule has 2 atom stereocenters. The van der Waals surface area contributed by atoms with Gasteiger partial charge in [0.15, 0.2) is 0 Å². The molecular weight excluding hydrogens is 264 g/mol. The maximum atomic E-state index is 5.75. The Bertz CT molecular complexity index is 370. The van der Waals surface area contributed by atoms with Crippen molar-refractivity contribution >= 4 is 23.5 Å². The quantitative estimate of drug-likeness (QED) is 0.642. The summed E-state index contributed by atoms with van der Waals surface area (Å²) in [6.45, 7) is 2.69. The van der Waals surface area contributed by atoms with Crippen molar-refractivity contribution in [2.24, 2.45) is 5.84 Å². The zero-order chi connectivity index (χ0) is 12.8. The van der Waals surface area contributed by atoms with E-state index in [1.165, 1.54) is 17.1 Å². The number of hydrogen-bond donors (Lipinski definition) is 2. The van der Waals surface area contributed by atoms with Crippen molar-refractivity contribution in [3.05, 3.63) is 29.8 Å². The van der Waals surface area contributed by atoms with Crippen molar-refractivity contribution in [2.75, 3.05) is 23.9 Å². The van der Waals surface area contributed by atoms with Gasteiger partial charge in [-0.15, -0.1) is 0 Å². The summed E-state index contributed by atoms with van der Waals surface area (Å²) in [5, 5.41) is 0.533. The van der Waals surface area contributed by atoms with Crippen molar-refractivity contribution < 1.29 is 4.74 Å². The van der Waals surface area contributed by atoms with Gasteiger partial charge in [0.1, 0.15) is 5.75 Å². The van der Waals surface area contributed by atoms with Gasteiger partial charge < -0.3 is 4.74 Å². The summed E-state index contributed by atoms with van der Waals surface area (Å²) in [6, 6.07) is 8.43. The van der Waals surface area contributed by atoms with E-state index in [-0.39, 0.29) is 6.04 Å². The van der Waals surface area contributed by atoms with E-state index in [1.807, 2.05) is 42.6 Å². The fraction of sp³-hybridized carbons (Fsp3) is 0.538. The van der Waals surface area contributed by atoms with Crippen molar-refractivity contribution in [3.8, 4) is 5.75 Å². The standard InChI is InChI=1S/C13H20N2OS2/c1-2-16-11-5-3-4-10(8-11)13(15-14)12-9-17-6-7-18-12/h3-5,8,12-13,15H,2,6-7,9,14H2,1H3. The molecule has 0 amide bonds. The normalized spacial score (nSPS) is 21.6. The first-order valence-electron chi connectivity index (χ1n) is 6.23. The van der Waals surface area contributed by atoms with Crippen LogP contribution in [-0.4, -0.2) is 29.1 Å². The Morgan fingerprint density at radius 2 is 2.39 bits per heavy atom. The van der Waals surface area contributed by atoms with Crippen LogP contribution in [-0.2, 0) is 0 Å². The van der Waals surface area contributed by atoms with E-state index in [0.717, 1.165) is 11.5 Å². The predicted molar refractivity (Wildman–Crippen MR) is 81.2 cm³/mol. The Hall–Kier alpha value is -0.360. The highest BCUT2D eigenvalue weighted by Gasteiger charge is 2.25. The van der Waals surface area contributed by atoms with Crippen LogP contribution in [0.25, 0.3) is 0 Å². The summed E-state index contributed by atoms with van der Waals surface area (Å²) in [4.78, 5) is 0. The fourth-order valence-electron chi connectivity index (χ4n) is 2.08. The fourth-order valence-corrected chi connectivity index (χ4v) is 4.93. The summed E-state index contributed by atoms with van der Waals surface area (Å²) in [6.07, 6.45) is 0. The molecule has 0 spiro atoms. The van der Waals surface area contributed by atoms with Crippen LogP contribution in [0, 0.1) is 0 Å². The predicted octanol–water partition coefficient (Wildman–Crippen LogP) is 2.44. The number of thioether (sulfide) groups is 2. The van der Waals surface area contributed by atoms with Gasteiger partial charge in [0.2, 0.25) is 0 Å². The lowest BCUT2D eigenvalue weighted by atomic mass is 10.0. The molecule has 1 aliphatic heterocycles. The average Bonchev–Trinajstić information content (AvgIpc) is 2.42. The number of hydrazine groups is 1. The Morgan fingerprint density at radius 1 is 1.50 bits per heavy atom. The third-order valence-corrected chi connectivity index (χ3v) is 5.79. The SMILES string of the molecule is CCOc1cccc(C(NN)C2CSCCS2)c1. The topological polar surface area (TPSA) is 47.3 Å². The molecule has 1 aromatic rings. The molecule has 1 heterocycles. The highest BCUT2D eigenvalue weighted by atomic mass is 32.2. The van der Waals surface area contributed by atoms with E-state index >= 15 is 0 Å². The molecule has 100 valence electrons. The molecule has 1 aromatic carbocycles. The lowest BCUT2D eigenvalue weighted by molar-refractivity contribution is 0.339. The summed E-state index contributed by atoms with van der Waals surface area (Å²) in [5.41, 5.74) is 4.18. The van der Waals surface area contributed by atoms with Crippen molar-refractivity contribution in [1.29, 1.82) is 0 Å². The number of nitrogens with one attached hydrogen (secondary N) is 1. The summed E-state index contributed by atoms with van der Waals surface area (Å²) >= 11 is 4.01. The molecule has 18 heavy (non-hydrogen) atoms. The average molecular weight is 284 g/mol. The van der Waals surface area contributed by atoms with E-state index in [9.17, 15) is 0 Å². The molecule has 1 aliphatic rings. The molecule has 5 heteroatoms. The molecule has 0 radical (unpaired) electrons. The summed E-state index contributed by atoms with van der Waals surface area (Å²) < 4.78 is 5.55. The second kappa shape index (κ2) is 7.28. The summed E-state index contributed by atoms with van der Waals surface area (Å²) in [7, 11) is 0. The number of nitrogens with two attached hydrogens (primary N) is 1. The smallest absolute Gasteiger partial charge is 0.119 e. The highest BCUT2D eigenvalue weighted by molar-refractivity contribution is 8.06. The minimum atomic E-state index is 0.197. The molecule has 1 saturated heterocycles. The van der Waals surface area contributed by atoms with E-state index < -0.39 is 0 Å². The molecule has 0 saturated carbocycles. The van der Waals surface area contributed by atoms with E-state index in [2.05, 4.69) is 17.6 Å². The van der Waals surface area contributed by atoms with Gasteiger partial charge in [0.25, 0.3) is 0 Å². The van der Waals surface area contributed by atoms with Gasteiger partial charge in [-0.3, -0.25) is 11.3 Å². The van der Waals surface area contributed by atoms with Gasteiger partial charge in [-0.2, -0.15) is 23.5 Å². The molecule has 2 rings (SSSR count). The summed E-state index contributed by atoms with van der Waals surface area (Å²) in [5.74, 6) is 10.3. The Labute approximate surface area is 117 Å². The Balaban J connectivity index is 2.12. The third-order valence-electron chi connectivity index (χ3n) is 2.92. The van der Waals surface area contributed by atoms with Crippen LogP contribution in [0.3, 0.4) is 0 Å². The molecule has 3 N–H and O–H groups in total. The molecule has 1 fully saturated rings. The van der Waals surface area contributed by atoms with Gasteiger partial charge in [-0.25, -0.2) is 0 Å². The maximum Gasteiger partial charge on any atom is 0.119 e. The molecule has 0 aromatic heterocycles. The number of benzene rings is 1. The van der Waals surface area contributed by atoms with Crippen LogP contribution in [0.2, 0.25) is 0 Å². The van der Waals surface area contributed by atoms with Crippen LogP contribution in [0.4, 0.5) is 0 Å². The zero-order valence-electron chi connectivity index (χ0n) is 10.6. The first kappa shape index (κ1) is 14.1. The van der Waals surface area contributed by atoms with Crippen LogP contribution in [0.5, 0.6) is 5.75 Å². The van der Waals surface area contributed by atoms with E-state index in [1.54, 1.807) is 0 Å². The monoisotopic (exact) mass is 284 g/mol. The first-order chi connectivity index (χ1) is 8.85. The third kappa shape index (κ3) is 3.57. The highest BCUT2D eigenvalue weighted by Crippen LogP contribution is 2.34. The maximum absolute atomic E-state index is 5.75.